The number of rotatable bonds is 5. The molecule has 1 heterocycles. The summed E-state index contributed by atoms with van der Waals surface area (Å²) in [5.41, 5.74) is 0. The molecule has 0 spiro atoms. The first-order valence-corrected chi connectivity index (χ1v) is 8.70. The second-order valence-electron chi connectivity index (χ2n) is 6.79. The number of aliphatic carboxylic acids is 1. The topological polar surface area (TPSA) is 66.8 Å². The Morgan fingerprint density at radius 3 is 2.45 bits per heavy atom. The van der Waals surface area contributed by atoms with Crippen LogP contribution in [0.5, 0.6) is 0 Å². The molecule has 1 saturated carbocycles. The van der Waals surface area contributed by atoms with E-state index in [4.69, 9.17) is 4.74 Å². The van der Waals surface area contributed by atoms with E-state index in [1.807, 2.05) is 13.8 Å². The van der Waals surface area contributed by atoms with Crippen LogP contribution in [-0.2, 0) is 14.3 Å². The fraction of sp³-hybridized carbons (Fsp3) is 0.882. The van der Waals surface area contributed by atoms with E-state index in [2.05, 4.69) is 0 Å². The third kappa shape index (κ3) is 4.22. The summed E-state index contributed by atoms with van der Waals surface area (Å²) in [5, 5.41) is 9.18. The van der Waals surface area contributed by atoms with Gasteiger partial charge in [-0.05, 0) is 31.6 Å². The molecular formula is C17H29NO4. The van der Waals surface area contributed by atoms with Gasteiger partial charge in [0.1, 0.15) is 6.10 Å². The van der Waals surface area contributed by atoms with Crippen LogP contribution in [0.2, 0.25) is 0 Å². The number of likely N-dealkylation sites (tertiary alicyclic amines) is 1. The van der Waals surface area contributed by atoms with Gasteiger partial charge >= 0.3 is 5.97 Å². The van der Waals surface area contributed by atoms with Gasteiger partial charge in [-0.15, -0.1) is 0 Å². The number of hydrogen-bond acceptors (Lipinski definition) is 3. The first-order chi connectivity index (χ1) is 10.5. The van der Waals surface area contributed by atoms with Gasteiger partial charge in [0.2, 0.25) is 0 Å². The molecule has 5 heteroatoms. The fourth-order valence-electron chi connectivity index (χ4n) is 3.68. The van der Waals surface area contributed by atoms with Crippen LogP contribution in [0, 0.1) is 11.8 Å². The quantitative estimate of drug-likeness (QED) is 0.847. The maximum Gasteiger partial charge on any atom is 0.306 e. The van der Waals surface area contributed by atoms with Gasteiger partial charge in [0.05, 0.1) is 12.0 Å². The van der Waals surface area contributed by atoms with Crippen molar-refractivity contribution in [3.05, 3.63) is 0 Å². The summed E-state index contributed by atoms with van der Waals surface area (Å²) in [5.74, 6) is -1.03. The van der Waals surface area contributed by atoms with Crippen LogP contribution >= 0.6 is 0 Å². The van der Waals surface area contributed by atoms with Crippen molar-refractivity contribution in [2.75, 3.05) is 13.1 Å². The molecule has 1 saturated heterocycles. The zero-order valence-corrected chi connectivity index (χ0v) is 13.8. The Hall–Kier alpha value is -1.10. The number of ether oxygens (including phenoxy) is 1. The molecule has 2 fully saturated rings. The normalized spacial score (nSPS) is 28.4. The smallest absolute Gasteiger partial charge is 0.306 e. The lowest BCUT2D eigenvalue weighted by Gasteiger charge is -2.37. The van der Waals surface area contributed by atoms with Crippen molar-refractivity contribution in [2.24, 2.45) is 11.8 Å². The zero-order valence-electron chi connectivity index (χ0n) is 13.8. The van der Waals surface area contributed by atoms with Gasteiger partial charge in [0, 0.05) is 13.1 Å². The van der Waals surface area contributed by atoms with Gasteiger partial charge in [-0.25, -0.2) is 0 Å². The lowest BCUT2D eigenvalue weighted by atomic mass is 9.87. The van der Waals surface area contributed by atoms with E-state index in [1.165, 1.54) is 19.3 Å². The highest BCUT2D eigenvalue weighted by Gasteiger charge is 2.35. The molecule has 2 rings (SSSR count). The number of nitrogens with zero attached hydrogens (tertiary/aromatic N) is 1. The molecule has 1 amide bonds. The lowest BCUT2D eigenvalue weighted by Crippen LogP contribution is -2.49. The monoisotopic (exact) mass is 311 g/mol. The molecule has 2 aliphatic rings. The molecule has 1 N–H and O–H groups in total. The SMILES string of the molecule is CCC(OC1CCCCC1)C(=O)N1CCC(C(=O)O)C(C)C1. The number of amides is 1. The van der Waals surface area contributed by atoms with Crippen LogP contribution in [-0.4, -0.2) is 47.2 Å². The van der Waals surface area contributed by atoms with Crippen molar-refractivity contribution >= 4 is 11.9 Å². The average Bonchev–Trinajstić information content (AvgIpc) is 2.52. The minimum atomic E-state index is -0.745. The Balaban J connectivity index is 1.89. The lowest BCUT2D eigenvalue weighted by molar-refractivity contribution is -0.156. The summed E-state index contributed by atoms with van der Waals surface area (Å²) in [7, 11) is 0. The molecule has 126 valence electrons. The van der Waals surface area contributed by atoms with Crippen LogP contribution in [0.4, 0.5) is 0 Å². The van der Waals surface area contributed by atoms with Crippen molar-refractivity contribution in [1.29, 1.82) is 0 Å². The van der Waals surface area contributed by atoms with E-state index >= 15 is 0 Å². The molecule has 3 unspecified atom stereocenters. The Morgan fingerprint density at radius 2 is 1.91 bits per heavy atom. The predicted octanol–water partition coefficient (Wildman–Crippen LogP) is 2.68. The third-order valence-electron chi connectivity index (χ3n) is 5.09. The van der Waals surface area contributed by atoms with E-state index < -0.39 is 5.97 Å². The van der Waals surface area contributed by atoms with Gasteiger partial charge in [-0.3, -0.25) is 9.59 Å². The largest absolute Gasteiger partial charge is 0.481 e. The zero-order chi connectivity index (χ0) is 16.1. The second-order valence-corrected chi connectivity index (χ2v) is 6.79. The third-order valence-corrected chi connectivity index (χ3v) is 5.09. The molecule has 22 heavy (non-hydrogen) atoms. The molecule has 0 radical (unpaired) electrons. The molecule has 3 atom stereocenters. The summed E-state index contributed by atoms with van der Waals surface area (Å²) < 4.78 is 6.06. The summed E-state index contributed by atoms with van der Waals surface area (Å²) in [6.07, 6.45) is 6.85. The van der Waals surface area contributed by atoms with Gasteiger partial charge < -0.3 is 14.7 Å². The summed E-state index contributed by atoms with van der Waals surface area (Å²) in [6, 6.07) is 0. The predicted molar refractivity (Wildman–Crippen MR) is 83.5 cm³/mol. The highest BCUT2D eigenvalue weighted by molar-refractivity contribution is 5.81. The van der Waals surface area contributed by atoms with Crippen molar-refractivity contribution in [2.45, 2.75) is 71.0 Å². The standard InChI is InChI=1S/C17H29NO4/c1-3-15(22-13-7-5-4-6-8-13)16(19)18-10-9-14(17(20)21)12(2)11-18/h12-15H,3-11H2,1-2H3,(H,20,21). The Bertz CT molecular complexity index is 392. The van der Waals surface area contributed by atoms with Crippen LogP contribution < -0.4 is 0 Å². The maximum atomic E-state index is 12.7. The van der Waals surface area contributed by atoms with Gasteiger partial charge in [-0.1, -0.05) is 33.1 Å². The van der Waals surface area contributed by atoms with E-state index in [0.717, 1.165) is 12.8 Å². The molecule has 5 nitrogen and oxygen atoms in total. The van der Waals surface area contributed by atoms with Crippen LogP contribution in [0.3, 0.4) is 0 Å². The maximum absolute atomic E-state index is 12.7. The minimum Gasteiger partial charge on any atom is -0.481 e. The van der Waals surface area contributed by atoms with Crippen LogP contribution in [0.1, 0.15) is 58.8 Å². The van der Waals surface area contributed by atoms with E-state index in [0.29, 0.717) is 25.9 Å². The molecule has 1 aliphatic heterocycles. The number of carboxylic acid groups (broad SMARTS) is 1. The Kier molecular flexibility index (Phi) is 6.24. The van der Waals surface area contributed by atoms with Crippen LogP contribution in [0.15, 0.2) is 0 Å². The Labute approximate surface area is 133 Å². The van der Waals surface area contributed by atoms with Gasteiger partial charge in [0.25, 0.3) is 5.91 Å². The number of piperidine rings is 1. The summed E-state index contributed by atoms with van der Waals surface area (Å²) in [6.45, 7) is 4.96. The molecule has 0 aromatic rings. The minimum absolute atomic E-state index is 0.00221. The number of carbonyl (C=O) groups excluding carboxylic acids is 1. The molecule has 0 bridgehead atoms. The first-order valence-electron chi connectivity index (χ1n) is 8.70. The highest BCUT2D eigenvalue weighted by Crippen LogP contribution is 2.26. The van der Waals surface area contributed by atoms with E-state index in [1.54, 1.807) is 4.90 Å². The molecule has 1 aliphatic carbocycles. The number of carboxylic acids is 1. The number of carbonyl (C=O) groups is 2. The first kappa shape index (κ1) is 17.3. The summed E-state index contributed by atoms with van der Waals surface area (Å²) >= 11 is 0. The van der Waals surface area contributed by atoms with Gasteiger partial charge in [0.15, 0.2) is 0 Å². The summed E-state index contributed by atoms with van der Waals surface area (Å²) in [4.78, 5) is 25.7. The highest BCUT2D eigenvalue weighted by atomic mass is 16.5. The van der Waals surface area contributed by atoms with Crippen molar-refractivity contribution in [3.63, 3.8) is 0 Å². The van der Waals surface area contributed by atoms with E-state index in [9.17, 15) is 14.7 Å². The molecule has 0 aromatic carbocycles. The molecular weight excluding hydrogens is 282 g/mol. The van der Waals surface area contributed by atoms with Crippen molar-refractivity contribution in [3.8, 4) is 0 Å². The average molecular weight is 311 g/mol. The fourth-order valence-corrected chi connectivity index (χ4v) is 3.68. The van der Waals surface area contributed by atoms with Crippen molar-refractivity contribution in [1.82, 2.24) is 4.90 Å². The molecule has 0 aromatic heterocycles. The Morgan fingerprint density at radius 1 is 1.23 bits per heavy atom. The van der Waals surface area contributed by atoms with Gasteiger partial charge in [-0.2, -0.15) is 0 Å². The second kappa shape index (κ2) is 7.95. The van der Waals surface area contributed by atoms with Crippen LogP contribution in [0.25, 0.3) is 0 Å². The number of hydrogen-bond donors (Lipinski definition) is 1. The van der Waals surface area contributed by atoms with E-state index in [-0.39, 0.29) is 30.0 Å². The van der Waals surface area contributed by atoms with Crippen molar-refractivity contribution < 1.29 is 19.4 Å².